The van der Waals surface area contributed by atoms with Crippen LogP contribution in [0.25, 0.3) is 76.9 Å². The number of para-hydroxylation sites is 2. The number of fused-ring (bicyclic) bond motifs is 8. The summed E-state index contributed by atoms with van der Waals surface area (Å²) in [4.78, 5) is 0. The molecular formula is C50H35NO. The minimum absolute atomic E-state index is 0.0699. The molecule has 1 saturated heterocycles. The molecule has 52 heavy (non-hydrogen) atoms. The first-order valence-electron chi connectivity index (χ1n) is 18.3. The van der Waals surface area contributed by atoms with Gasteiger partial charge in [-0.3, -0.25) is 0 Å². The van der Waals surface area contributed by atoms with E-state index in [-0.39, 0.29) is 12.2 Å². The van der Waals surface area contributed by atoms with Crippen molar-refractivity contribution < 1.29 is 4.74 Å². The molecule has 3 aliphatic rings. The Morgan fingerprint density at radius 2 is 0.865 bits per heavy atom. The van der Waals surface area contributed by atoms with E-state index < -0.39 is 0 Å². The van der Waals surface area contributed by atoms with Crippen LogP contribution in [0.3, 0.4) is 0 Å². The van der Waals surface area contributed by atoms with Gasteiger partial charge in [-0.25, -0.2) is 0 Å². The largest absolute Gasteiger partial charge is 0.365 e. The minimum atomic E-state index is 0.0699. The van der Waals surface area contributed by atoms with Gasteiger partial charge in [0.2, 0.25) is 0 Å². The normalized spacial score (nSPS) is 20.5. The number of benzene rings is 7. The van der Waals surface area contributed by atoms with E-state index in [1.54, 1.807) is 0 Å². The molecule has 246 valence electrons. The topological polar surface area (TPSA) is 14.2 Å². The molecule has 1 fully saturated rings. The number of hydrogen-bond acceptors (Lipinski definition) is 1. The maximum absolute atomic E-state index is 6.63. The smallest absolute Gasteiger partial charge is 0.0908 e. The van der Waals surface area contributed by atoms with Crippen molar-refractivity contribution in [1.82, 2.24) is 4.57 Å². The lowest BCUT2D eigenvalue weighted by Crippen LogP contribution is -2.21. The van der Waals surface area contributed by atoms with Gasteiger partial charge in [0.15, 0.2) is 0 Å². The maximum Gasteiger partial charge on any atom is 0.0908 e. The van der Waals surface area contributed by atoms with Crippen molar-refractivity contribution in [3.63, 3.8) is 0 Å². The molecule has 1 aromatic heterocycles. The van der Waals surface area contributed by atoms with Crippen molar-refractivity contribution in [2.24, 2.45) is 11.8 Å². The Balaban J connectivity index is 1.02. The average molecular weight is 666 g/mol. The van der Waals surface area contributed by atoms with Crippen molar-refractivity contribution in [2.75, 3.05) is 0 Å². The van der Waals surface area contributed by atoms with Crippen LogP contribution >= 0.6 is 0 Å². The molecule has 0 radical (unpaired) electrons. The Morgan fingerprint density at radius 1 is 0.404 bits per heavy atom. The molecule has 1 aliphatic heterocycles. The van der Waals surface area contributed by atoms with Crippen molar-refractivity contribution in [2.45, 2.75) is 12.2 Å². The quantitative estimate of drug-likeness (QED) is 0.171. The first-order valence-corrected chi connectivity index (χ1v) is 18.3. The summed E-state index contributed by atoms with van der Waals surface area (Å²) in [7, 11) is 0. The van der Waals surface area contributed by atoms with Gasteiger partial charge in [-0.15, -0.1) is 0 Å². The molecule has 11 rings (SSSR count). The van der Waals surface area contributed by atoms with Gasteiger partial charge in [-0.1, -0.05) is 164 Å². The van der Waals surface area contributed by atoms with Crippen molar-refractivity contribution in [3.05, 3.63) is 194 Å². The van der Waals surface area contributed by atoms with Crippen LogP contribution in [0, 0.1) is 11.8 Å². The number of aromatic nitrogens is 1. The van der Waals surface area contributed by atoms with Crippen LogP contribution in [0.4, 0.5) is 0 Å². The van der Waals surface area contributed by atoms with Gasteiger partial charge in [-0.05, 0) is 79.2 Å². The van der Waals surface area contributed by atoms with Gasteiger partial charge in [0, 0.05) is 28.3 Å². The summed E-state index contributed by atoms with van der Waals surface area (Å²) < 4.78 is 9.01. The molecule has 2 aliphatic carbocycles. The molecule has 0 saturated carbocycles. The fraction of sp³-hybridized carbons (Fsp3) is 0.0800. The summed E-state index contributed by atoms with van der Waals surface area (Å²) >= 11 is 0. The van der Waals surface area contributed by atoms with Crippen LogP contribution in [-0.4, -0.2) is 16.8 Å². The molecule has 2 heteroatoms. The third kappa shape index (κ3) is 4.41. The Labute approximate surface area is 302 Å². The Kier molecular flexibility index (Phi) is 6.62. The highest BCUT2D eigenvalue weighted by atomic mass is 16.5. The summed E-state index contributed by atoms with van der Waals surface area (Å²) in [5, 5.41) is 7.60. The number of rotatable bonds is 4. The number of ether oxygens (including phenoxy) is 1. The molecule has 2 nitrogen and oxygen atoms in total. The molecule has 2 heterocycles. The summed E-state index contributed by atoms with van der Waals surface area (Å²) in [5.41, 5.74) is 11.1. The van der Waals surface area contributed by atoms with E-state index in [4.69, 9.17) is 4.74 Å². The monoisotopic (exact) mass is 665 g/mol. The molecule has 0 N–H and O–H groups in total. The zero-order chi connectivity index (χ0) is 34.2. The van der Waals surface area contributed by atoms with E-state index in [2.05, 4.69) is 193 Å². The second-order valence-electron chi connectivity index (χ2n) is 14.3. The van der Waals surface area contributed by atoms with Crippen LogP contribution in [0.2, 0.25) is 0 Å². The second kappa shape index (κ2) is 11.7. The highest BCUT2D eigenvalue weighted by Gasteiger charge is 2.43. The summed E-state index contributed by atoms with van der Waals surface area (Å²) in [6.45, 7) is 0. The fourth-order valence-electron chi connectivity index (χ4n) is 9.26. The first-order chi connectivity index (χ1) is 25.8. The standard InChI is InChI=1S/C50H35NO/c1-3-17-42-40(15-1)48(33-26-24-32(25-27-33)36-19-11-20-44-39-14-7-10-23-47(39)52-50(36)44)41-16-2-4-18-43(41)49(42)34-28-30-35(31-29-34)51-45-21-8-5-12-37(45)38-13-6-9-22-46(38)51/h1-31,39,44,47,50H. The molecule has 4 unspecified atom stereocenters. The Bertz CT molecular complexity index is 2720. The molecule has 4 atom stereocenters. The second-order valence-corrected chi connectivity index (χ2v) is 14.3. The van der Waals surface area contributed by atoms with Gasteiger partial charge < -0.3 is 9.30 Å². The van der Waals surface area contributed by atoms with E-state index in [0.29, 0.717) is 11.8 Å². The van der Waals surface area contributed by atoms with Gasteiger partial charge in [0.25, 0.3) is 0 Å². The number of hydrogen-bond donors (Lipinski definition) is 0. The van der Waals surface area contributed by atoms with Crippen LogP contribution in [0.1, 0.15) is 5.56 Å². The van der Waals surface area contributed by atoms with E-state index in [9.17, 15) is 0 Å². The molecule has 0 spiro atoms. The van der Waals surface area contributed by atoms with Crippen LogP contribution < -0.4 is 0 Å². The van der Waals surface area contributed by atoms with Gasteiger partial charge in [0.1, 0.15) is 0 Å². The average Bonchev–Trinajstić information content (AvgIpc) is 3.76. The van der Waals surface area contributed by atoms with Crippen molar-refractivity contribution in [1.29, 1.82) is 0 Å². The van der Waals surface area contributed by atoms with Crippen LogP contribution in [-0.2, 0) is 4.74 Å². The molecule has 0 amide bonds. The lowest BCUT2D eigenvalue weighted by Gasteiger charge is -2.24. The van der Waals surface area contributed by atoms with E-state index in [1.807, 2.05) is 0 Å². The lowest BCUT2D eigenvalue weighted by molar-refractivity contribution is 0.0941. The van der Waals surface area contributed by atoms with Crippen molar-refractivity contribution in [3.8, 4) is 27.9 Å². The predicted octanol–water partition coefficient (Wildman–Crippen LogP) is 12.5. The zero-order valence-electron chi connectivity index (χ0n) is 28.6. The van der Waals surface area contributed by atoms with Crippen molar-refractivity contribution >= 4 is 48.9 Å². The Morgan fingerprint density at radius 3 is 1.44 bits per heavy atom. The zero-order valence-corrected chi connectivity index (χ0v) is 28.6. The summed E-state index contributed by atoms with van der Waals surface area (Å²) in [6, 6.07) is 53.6. The Hall–Kier alpha value is -6.22. The van der Waals surface area contributed by atoms with E-state index in [0.717, 1.165) is 5.69 Å². The molecule has 0 bridgehead atoms. The lowest BCUT2D eigenvalue weighted by atomic mass is 9.79. The van der Waals surface area contributed by atoms with Gasteiger partial charge in [-0.2, -0.15) is 0 Å². The van der Waals surface area contributed by atoms with Gasteiger partial charge >= 0.3 is 0 Å². The highest BCUT2D eigenvalue weighted by molar-refractivity contribution is 6.21. The summed E-state index contributed by atoms with van der Waals surface area (Å²) in [5.74, 6) is 0.762. The number of allylic oxidation sites excluding steroid dienone is 4. The summed E-state index contributed by atoms with van der Waals surface area (Å²) in [6.07, 6.45) is 15.8. The van der Waals surface area contributed by atoms with Gasteiger partial charge in [0.05, 0.1) is 23.2 Å². The number of nitrogens with zero attached hydrogens (tertiary/aromatic N) is 1. The SMILES string of the molecule is C1=CC2OC3C(c4ccc(-c5c6ccccc6c(-c6ccc(-n7c8ccccc8c8ccccc87)cc6)c6ccccc56)cc4)=CC=CC3C2C=C1. The molecular weight excluding hydrogens is 631 g/mol. The predicted molar refractivity (Wildman–Crippen MR) is 218 cm³/mol. The third-order valence-corrected chi connectivity index (χ3v) is 11.6. The molecule has 8 aromatic rings. The van der Waals surface area contributed by atoms with E-state index in [1.165, 1.54) is 76.7 Å². The van der Waals surface area contributed by atoms with E-state index >= 15 is 0 Å². The maximum atomic E-state index is 6.63. The fourth-order valence-corrected chi connectivity index (χ4v) is 9.26. The van der Waals surface area contributed by atoms with Crippen LogP contribution in [0.5, 0.6) is 0 Å². The molecule has 7 aromatic carbocycles. The highest BCUT2D eigenvalue weighted by Crippen LogP contribution is 2.47. The van der Waals surface area contributed by atoms with Crippen LogP contribution in [0.15, 0.2) is 188 Å². The third-order valence-electron chi connectivity index (χ3n) is 11.6. The minimum Gasteiger partial charge on any atom is -0.365 e. The first kappa shape index (κ1) is 29.5.